The fourth-order valence-electron chi connectivity index (χ4n) is 13.8. The Morgan fingerprint density at radius 2 is 0.644 bits per heavy atom. The summed E-state index contributed by atoms with van der Waals surface area (Å²) < 4.78 is 4.81. The topological polar surface area (TPSA) is 72.3 Å². The lowest BCUT2D eigenvalue weighted by atomic mass is 9.94. The van der Waals surface area contributed by atoms with E-state index in [-0.39, 0.29) is 0 Å². The van der Waals surface area contributed by atoms with Crippen molar-refractivity contribution in [3.8, 4) is 107 Å². The molecule has 3 aromatic heterocycles. The number of nitriles is 1. The van der Waals surface area contributed by atoms with Crippen molar-refractivity contribution >= 4 is 43.6 Å². The predicted molar refractivity (Wildman–Crippen MR) is 375 cm³/mol. The van der Waals surface area contributed by atoms with Crippen LogP contribution in [0, 0.1) is 66.7 Å². The van der Waals surface area contributed by atoms with Crippen LogP contribution in [0.15, 0.2) is 243 Å². The Kier molecular flexibility index (Phi) is 13.6. The summed E-state index contributed by atoms with van der Waals surface area (Å²) in [6.45, 7) is 17.4. The third-order valence-electron chi connectivity index (χ3n) is 18.2. The molecule has 15 rings (SSSR count). The number of rotatable bonds is 10. The van der Waals surface area contributed by atoms with Gasteiger partial charge in [-0.3, -0.25) is 0 Å². The molecule has 0 saturated heterocycles. The maximum Gasteiger partial charge on any atom is 0.164 e. The van der Waals surface area contributed by atoms with Crippen molar-refractivity contribution in [3.05, 3.63) is 293 Å². The second-order valence-corrected chi connectivity index (χ2v) is 24.5. The van der Waals surface area contributed by atoms with Crippen LogP contribution < -0.4 is 0 Å². The van der Waals surface area contributed by atoms with Gasteiger partial charge in [0.2, 0.25) is 0 Å². The van der Waals surface area contributed by atoms with E-state index >= 15 is 0 Å². The van der Waals surface area contributed by atoms with E-state index in [1.165, 1.54) is 66.8 Å². The van der Waals surface area contributed by atoms with E-state index in [9.17, 15) is 5.26 Å². The van der Waals surface area contributed by atoms with Gasteiger partial charge in [-0.1, -0.05) is 180 Å². The van der Waals surface area contributed by atoms with Gasteiger partial charge in [0.1, 0.15) is 0 Å². The molecule has 0 radical (unpaired) electrons. The zero-order chi connectivity index (χ0) is 61.5. The normalized spacial score (nSPS) is 11.5. The lowest BCUT2D eigenvalue weighted by Crippen LogP contribution is -2.04. The minimum absolute atomic E-state index is 0.509. The smallest absolute Gasteiger partial charge is 0.164 e. The molecule has 0 atom stereocenters. The molecule has 0 aliphatic carbocycles. The Balaban J connectivity index is 1.03. The number of fused-ring (bicyclic) bond motifs is 6. The first-order valence-electron chi connectivity index (χ1n) is 30.9. The van der Waals surface area contributed by atoms with E-state index in [2.05, 4.69) is 247 Å². The van der Waals surface area contributed by atoms with Gasteiger partial charge in [-0.15, -0.1) is 0 Å². The highest BCUT2D eigenvalue weighted by Crippen LogP contribution is 2.46. The van der Waals surface area contributed by atoms with Crippen LogP contribution >= 0.6 is 0 Å². The first-order chi connectivity index (χ1) is 43.8. The van der Waals surface area contributed by atoms with E-state index in [1.54, 1.807) is 0 Å². The van der Waals surface area contributed by atoms with Crippen LogP contribution in [0.5, 0.6) is 0 Å². The SMILES string of the molecule is Cc1ccc(-c2ccc3c(c2)c2cc(-c4ccc(C)cc4C)ccc2n3-c2ccc(-c3nc(-c4ccccc4)nc(-c4ccccc4)n3)c(-c3cc(C#N)ccc3-n3c4ccc(-c5ccc(C)cc5C)cc4c4cc(-c5ccc(C)cc5C)ccc43)c2)c(C)c1. The molecule has 0 aliphatic heterocycles. The van der Waals surface area contributed by atoms with Crippen molar-refractivity contribution in [3.63, 3.8) is 0 Å². The van der Waals surface area contributed by atoms with Crippen LogP contribution in [0.2, 0.25) is 0 Å². The molecule has 0 bridgehead atoms. The predicted octanol–water partition coefficient (Wildman–Crippen LogP) is 21.7. The van der Waals surface area contributed by atoms with Gasteiger partial charge < -0.3 is 9.13 Å². The number of hydrogen-bond acceptors (Lipinski definition) is 4. The second kappa shape index (κ2) is 22.2. The fraction of sp³-hybridized carbons (Fsp3) is 0.0952. The Hall–Kier alpha value is -11.3. The van der Waals surface area contributed by atoms with Crippen molar-refractivity contribution in [1.29, 1.82) is 5.26 Å². The average molecular weight is 1160 g/mol. The quantitative estimate of drug-likeness (QED) is 0.137. The van der Waals surface area contributed by atoms with Gasteiger partial charge in [0.25, 0.3) is 0 Å². The summed E-state index contributed by atoms with van der Waals surface area (Å²) >= 11 is 0. The first kappa shape index (κ1) is 55.3. The number of benzene rings is 12. The second-order valence-electron chi connectivity index (χ2n) is 24.5. The van der Waals surface area contributed by atoms with Gasteiger partial charge in [0, 0.05) is 49.5 Å². The average Bonchev–Trinajstić information content (AvgIpc) is 1.73. The highest BCUT2D eigenvalue weighted by Gasteiger charge is 2.25. The first-order valence-corrected chi connectivity index (χ1v) is 30.9. The third-order valence-corrected chi connectivity index (χ3v) is 18.2. The molecule has 0 N–H and O–H groups in total. The molecule has 0 saturated carbocycles. The summed E-state index contributed by atoms with van der Waals surface area (Å²) in [5, 5.41) is 15.6. The van der Waals surface area contributed by atoms with Crippen molar-refractivity contribution < 1.29 is 0 Å². The molecule has 15 aromatic rings. The van der Waals surface area contributed by atoms with Gasteiger partial charge in [-0.05, 0) is 213 Å². The monoisotopic (exact) mass is 1160 g/mol. The minimum atomic E-state index is 0.509. The molecule has 6 heteroatoms. The van der Waals surface area contributed by atoms with Gasteiger partial charge in [0.05, 0.1) is 39.4 Å². The summed E-state index contributed by atoms with van der Waals surface area (Å²) in [5.74, 6) is 1.63. The highest BCUT2D eigenvalue weighted by atomic mass is 15.0. The molecule has 430 valence electrons. The van der Waals surface area contributed by atoms with E-state index in [0.29, 0.717) is 23.0 Å². The molecular weight excluding hydrogens is 1090 g/mol. The van der Waals surface area contributed by atoms with E-state index < -0.39 is 0 Å². The zero-order valence-electron chi connectivity index (χ0n) is 51.8. The Bertz CT molecular complexity index is 5190. The lowest BCUT2D eigenvalue weighted by Gasteiger charge is -2.19. The van der Waals surface area contributed by atoms with E-state index in [4.69, 9.17) is 15.0 Å². The van der Waals surface area contributed by atoms with Gasteiger partial charge in [0.15, 0.2) is 17.5 Å². The molecule has 3 heterocycles. The Morgan fingerprint density at radius 3 is 1.02 bits per heavy atom. The summed E-state index contributed by atoms with van der Waals surface area (Å²) in [7, 11) is 0. The van der Waals surface area contributed by atoms with Crippen LogP contribution in [-0.4, -0.2) is 24.1 Å². The third kappa shape index (κ3) is 9.73. The molecule has 0 fully saturated rings. The molecule has 6 nitrogen and oxygen atoms in total. The standard InChI is InChI=1S/C84H64N6/c1-50-19-29-66(54(5)39-50)61-24-35-77-73(44-61)74-45-62(67-30-20-51(2)40-55(67)6)25-36-78(74)89(77)65-28-33-70(84-87-82(59-15-11-9-12-16-59)86-83(88-84)60-17-13-10-14-18-60)71(48-65)72-43-58(49-85)23-34-79(72)90-80-37-26-63(68-31-21-52(3)41-56(68)7)46-75(80)76-47-64(27-38-81(76)90)69-32-22-53(4)42-57(69)8/h9-48H,1-8H3. The maximum atomic E-state index is 11.1. The lowest BCUT2D eigenvalue weighted by molar-refractivity contribution is 1.07. The molecule has 0 aliphatic rings. The number of nitrogens with zero attached hydrogens (tertiary/aromatic N) is 6. The molecule has 12 aromatic carbocycles. The van der Waals surface area contributed by atoms with Crippen molar-refractivity contribution in [2.45, 2.75) is 55.4 Å². The minimum Gasteiger partial charge on any atom is -0.309 e. The van der Waals surface area contributed by atoms with Gasteiger partial charge in [-0.2, -0.15) is 5.26 Å². The van der Waals surface area contributed by atoms with Gasteiger partial charge >= 0.3 is 0 Å². The Morgan fingerprint density at radius 1 is 0.278 bits per heavy atom. The zero-order valence-corrected chi connectivity index (χ0v) is 51.8. The summed E-state index contributed by atoms with van der Waals surface area (Å²) in [4.78, 5) is 16.0. The number of aromatic nitrogens is 5. The molecule has 0 unspecified atom stereocenters. The van der Waals surface area contributed by atoms with Crippen molar-refractivity contribution in [1.82, 2.24) is 24.1 Å². The molecule has 0 amide bonds. The largest absolute Gasteiger partial charge is 0.309 e. The van der Waals surface area contributed by atoms with Crippen LogP contribution in [0.25, 0.3) is 145 Å². The van der Waals surface area contributed by atoms with Crippen LogP contribution in [0.1, 0.15) is 50.1 Å². The molecule has 90 heavy (non-hydrogen) atoms. The van der Waals surface area contributed by atoms with Gasteiger partial charge in [-0.25, -0.2) is 15.0 Å². The Labute approximate surface area is 525 Å². The molecular formula is C84H64N6. The van der Waals surface area contributed by atoms with Crippen LogP contribution in [0.4, 0.5) is 0 Å². The number of aryl methyl sites for hydroxylation is 8. The molecule has 0 spiro atoms. The van der Waals surface area contributed by atoms with Crippen molar-refractivity contribution in [2.24, 2.45) is 0 Å². The summed E-state index contributed by atoms with van der Waals surface area (Å²) in [5.41, 5.74) is 30.2. The highest BCUT2D eigenvalue weighted by molar-refractivity contribution is 6.14. The van der Waals surface area contributed by atoms with Crippen LogP contribution in [0.3, 0.4) is 0 Å². The number of hydrogen-bond donors (Lipinski definition) is 0. The van der Waals surface area contributed by atoms with Crippen molar-refractivity contribution in [2.75, 3.05) is 0 Å². The maximum absolute atomic E-state index is 11.1. The van der Waals surface area contributed by atoms with Crippen LogP contribution in [-0.2, 0) is 0 Å². The fourth-order valence-corrected chi connectivity index (χ4v) is 13.8. The summed E-state index contributed by atoms with van der Waals surface area (Å²) in [6, 6.07) is 90.2. The van der Waals surface area contributed by atoms with E-state index in [1.807, 2.05) is 66.7 Å². The van der Waals surface area contributed by atoms with E-state index in [0.717, 1.165) is 105 Å². The summed E-state index contributed by atoms with van der Waals surface area (Å²) in [6.07, 6.45) is 0.